The highest BCUT2D eigenvalue weighted by Gasteiger charge is 2.19. The van der Waals surface area contributed by atoms with Crippen LogP contribution in [0.1, 0.15) is 6.92 Å². The maximum Gasteiger partial charge on any atom is 0.242 e. The first-order valence-electron chi connectivity index (χ1n) is 5.41. The van der Waals surface area contributed by atoms with E-state index in [0.717, 1.165) is 0 Å². The molecule has 0 heterocycles. The number of ether oxygens (including phenoxy) is 1. The Morgan fingerprint density at radius 1 is 1.42 bits per heavy atom. The first-order chi connectivity index (χ1) is 8.40. The van der Waals surface area contributed by atoms with Gasteiger partial charge in [0.15, 0.2) is 0 Å². The fourth-order valence-corrected chi connectivity index (χ4v) is 2.87. The van der Waals surface area contributed by atoms with Crippen LogP contribution in [0.2, 0.25) is 5.02 Å². The van der Waals surface area contributed by atoms with Crippen molar-refractivity contribution in [2.45, 2.75) is 17.9 Å². The van der Waals surface area contributed by atoms with Gasteiger partial charge in [0.1, 0.15) is 10.6 Å². The average molecular weight is 329 g/mol. The lowest BCUT2D eigenvalue weighted by Gasteiger charge is -2.13. The number of sulfonamides is 1. The number of hydrogen-bond donors (Lipinski definition) is 2. The van der Waals surface area contributed by atoms with Crippen molar-refractivity contribution in [2.75, 3.05) is 20.7 Å². The fraction of sp³-hybridized carbons (Fsp3) is 0.455. The molecule has 0 radical (unpaired) electrons. The van der Waals surface area contributed by atoms with E-state index in [2.05, 4.69) is 10.0 Å². The molecular formula is C11H18Cl2N2O3S. The number of likely N-dealkylation sites (N-methyl/N-ethyl adjacent to an activating group) is 1. The summed E-state index contributed by atoms with van der Waals surface area (Å²) in [5.74, 6) is 0.446. The van der Waals surface area contributed by atoms with Gasteiger partial charge in [-0.1, -0.05) is 11.6 Å². The van der Waals surface area contributed by atoms with E-state index in [0.29, 0.717) is 5.75 Å². The van der Waals surface area contributed by atoms with E-state index in [9.17, 15) is 8.42 Å². The Labute approximate surface area is 125 Å². The Bertz CT molecular complexity index is 509. The van der Waals surface area contributed by atoms with Crippen molar-refractivity contribution in [3.8, 4) is 5.75 Å². The molecule has 0 amide bonds. The van der Waals surface area contributed by atoms with Crippen LogP contribution in [-0.4, -0.2) is 35.2 Å². The Kier molecular flexibility index (Phi) is 7.69. The molecule has 1 atom stereocenters. The third kappa shape index (κ3) is 5.16. The normalized spacial score (nSPS) is 12.6. The van der Waals surface area contributed by atoms with Gasteiger partial charge in [0.05, 0.1) is 12.1 Å². The van der Waals surface area contributed by atoms with Crippen LogP contribution in [-0.2, 0) is 10.0 Å². The maximum atomic E-state index is 12.1. The van der Waals surface area contributed by atoms with Crippen LogP contribution in [0.5, 0.6) is 5.75 Å². The van der Waals surface area contributed by atoms with E-state index in [-0.39, 0.29) is 34.9 Å². The molecule has 1 aromatic rings. The van der Waals surface area contributed by atoms with Gasteiger partial charge in [-0.2, -0.15) is 0 Å². The van der Waals surface area contributed by atoms with Gasteiger partial charge in [0.25, 0.3) is 0 Å². The maximum absolute atomic E-state index is 12.1. The second-order valence-electron chi connectivity index (χ2n) is 3.84. The molecule has 0 saturated heterocycles. The Balaban J connectivity index is 0.00000324. The molecule has 0 saturated carbocycles. The van der Waals surface area contributed by atoms with Gasteiger partial charge in [-0.05, 0) is 26.1 Å². The summed E-state index contributed by atoms with van der Waals surface area (Å²) in [6.07, 6.45) is 0. The molecule has 8 heteroatoms. The molecule has 0 bridgehead atoms. The third-order valence-electron chi connectivity index (χ3n) is 2.50. The van der Waals surface area contributed by atoms with Crippen LogP contribution in [0.3, 0.4) is 0 Å². The molecule has 19 heavy (non-hydrogen) atoms. The van der Waals surface area contributed by atoms with Gasteiger partial charge in [0, 0.05) is 18.7 Å². The summed E-state index contributed by atoms with van der Waals surface area (Å²) in [6, 6.07) is 4.53. The lowest BCUT2D eigenvalue weighted by molar-refractivity contribution is 0.413. The summed E-state index contributed by atoms with van der Waals surface area (Å²) < 4.78 is 31.6. The lowest BCUT2D eigenvalue weighted by atomic mass is 10.3. The van der Waals surface area contributed by atoms with Gasteiger partial charge >= 0.3 is 0 Å². The molecule has 0 aliphatic heterocycles. The lowest BCUT2D eigenvalue weighted by Crippen LogP contribution is -2.37. The van der Waals surface area contributed by atoms with Gasteiger partial charge < -0.3 is 10.1 Å². The summed E-state index contributed by atoms with van der Waals surface area (Å²) in [5.41, 5.74) is 0. The van der Waals surface area contributed by atoms with Gasteiger partial charge in [-0.25, -0.2) is 13.1 Å². The van der Waals surface area contributed by atoms with Crippen molar-refractivity contribution >= 4 is 34.0 Å². The molecule has 2 N–H and O–H groups in total. The Morgan fingerprint density at radius 3 is 2.58 bits per heavy atom. The minimum atomic E-state index is -3.63. The first kappa shape index (κ1) is 18.5. The highest BCUT2D eigenvalue weighted by atomic mass is 35.5. The van der Waals surface area contributed by atoms with Crippen LogP contribution >= 0.6 is 24.0 Å². The minimum absolute atomic E-state index is 0. The van der Waals surface area contributed by atoms with Crippen LogP contribution in [0, 0.1) is 0 Å². The Morgan fingerprint density at radius 2 is 2.05 bits per heavy atom. The number of nitrogens with one attached hydrogen (secondary N) is 2. The number of hydrogen-bond acceptors (Lipinski definition) is 4. The van der Waals surface area contributed by atoms with Crippen molar-refractivity contribution in [3.05, 3.63) is 23.2 Å². The summed E-state index contributed by atoms with van der Waals surface area (Å²) in [5, 5.41) is 3.11. The standard InChI is InChI=1S/C11H17ClN2O3S.ClH/c1-8(13-2)7-14-18(15,16)11-6-9(17-3)4-5-10(11)12;/h4-6,8,13-14H,7H2,1-3H3;1H. The van der Waals surface area contributed by atoms with Crippen LogP contribution in [0.15, 0.2) is 23.1 Å². The van der Waals surface area contributed by atoms with Crippen molar-refractivity contribution in [1.29, 1.82) is 0 Å². The van der Waals surface area contributed by atoms with Gasteiger partial charge in [0.2, 0.25) is 10.0 Å². The number of methoxy groups -OCH3 is 1. The molecule has 110 valence electrons. The number of rotatable bonds is 6. The van der Waals surface area contributed by atoms with E-state index in [1.807, 2.05) is 6.92 Å². The third-order valence-corrected chi connectivity index (χ3v) is 4.41. The topological polar surface area (TPSA) is 67.4 Å². The summed E-state index contributed by atoms with van der Waals surface area (Å²) >= 11 is 5.90. The highest BCUT2D eigenvalue weighted by molar-refractivity contribution is 7.89. The molecule has 5 nitrogen and oxygen atoms in total. The predicted octanol–water partition coefficient (Wildman–Crippen LogP) is 1.66. The average Bonchev–Trinajstić information content (AvgIpc) is 2.36. The molecule has 0 aromatic heterocycles. The van der Waals surface area contributed by atoms with E-state index >= 15 is 0 Å². The molecule has 0 fully saturated rings. The van der Waals surface area contributed by atoms with Crippen molar-refractivity contribution in [1.82, 2.24) is 10.0 Å². The molecule has 0 aliphatic carbocycles. The smallest absolute Gasteiger partial charge is 0.242 e. The largest absolute Gasteiger partial charge is 0.497 e. The monoisotopic (exact) mass is 328 g/mol. The molecule has 1 unspecified atom stereocenters. The van der Waals surface area contributed by atoms with E-state index in [1.165, 1.54) is 19.2 Å². The van der Waals surface area contributed by atoms with Crippen LogP contribution in [0.4, 0.5) is 0 Å². The summed E-state index contributed by atoms with van der Waals surface area (Å²) in [6.45, 7) is 2.15. The van der Waals surface area contributed by atoms with Gasteiger partial charge in [-0.15, -0.1) is 12.4 Å². The minimum Gasteiger partial charge on any atom is -0.497 e. The zero-order chi connectivity index (χ0) is 13.8. The van der Waals surface area contributed by atoms with E-state index in [4.69, 9.17) is 16.3 Å². The van der Waals surface area contributed by atoms with Gasteiger partial charge in [-0.3, -0.25) is 0 Å². The first-order valence-corrected chi connectivity index (χ1v) is 7.27. The highest BCUT2D eigenvalue weighted by Crippen LogP contribution is 2.25. The Hall–Kier alpha value is -0.530. The van der Waals surface area contributed by atoms with Crippen molar-refractivity contribution in [2.24, 2.45) is 0 Å². The summed E-state index contributed by atoms with van der Waals surface area (Å²) in [4.78, 5) is 0.0202. The van der Waals surface area contributed by atoms with Crippen molar-refractivity contribution < 1.29 is 13.2 Å². The quantitative estimate of drug-likeness (QED) is 0.833. The fourth-order valence-electron chi connectivity index (χ4n) is 1.23. The number of halogens is 2. The second kappa shape index (κ2) is 7.91. The molecule has 1 aromatic carbocycles. The predicted molar refractivity (Wildman–Crippen MR) is 79.0 cm³/mol. The zero-order valence-corrected chi connectivity index (χ0v) is 13.3. The number of benzene rings is 1. The summed E-state index contributed by atoms with van der Waals surface area (Å²) in [7, 11) is -0.401. The van der Waals surface area contributed by atoms with E-state index < -0.39 is 10.0 Å². The second-order valence-corrected chi connectivity index (χ2v) is 5.98. The molecule has 0 spiro atoms. The van der Waals surface area contributed by atoms with Crippen LogP contribution in [0.25, 0.3) is 0 Å². The van der Waals surface area contributed by atoms with E-state index in [1.54, 1.807) is 13.1 Å². The zero-order valence-electron chi connectivity index (χ0n) is 10.9. The van der Waals surface area contributed by atoms with Crippen molar-refractivity contribution in [3.63, 3.8) is 0 Å². The van der Waals surface area contributed by atoms with Crippen LogP contribution < -0.4 is 14.8 Å². The SMILES string of the molecule is CNC(C)CNS(=O)(=O)c1cc(OC)ccc1Cl.Cl. The molecular weight excluding hydrogens is 311 g/mol. The molecule has 1 rings (SSSR count). The molecule has 0 aliphatic rings.